The van der Waals surface area contributed by atoms with E-state index in [1.807, 2.05) is 0 Å². The Labute approximate surface area is 153 Å². The fraction of sp³-hybridized carbons (Fsp3) is 0.556. The molecule has 0 aliphatic carbocycles. The van der Waals surface area contributed by atoms with E-state index in [-0.39, 0.29) is 23.6 Å². The molecule has 8 heteroatoms. The minimum absolute atomic E-state index is 0.0598. The van der Waals surface area contributed by atoms with Gasteiger partial charge in [0.2, 0.25) is 5.91 Å². The Morgan fingerprint density at radius 2 is 1.77 bits per heavy atom. The van der Waals surface area contributed by atoms with Crippen molar-refractivity contribution in [2.75, 3.05) is 13.2 Å². The lowest BCUT2D eigenvalue weighted by Gasteiger charge is -2.36. The molecule has 0 saturated carbocycles. The van der Waals surface area contributed by atoms with Gasteiger partial charge in [-0.25, -0.2) is 8.42 Å². The largest absolute Gasteiger partial charge is 0.481 e. The minimum Gasteiger partial charge on any atom is -0.481 e. The summed E-state index contributed by atoms with van der Waals surface area (Å²) in [6.45, 7) is 4.06. The van der Waals surface area contributed by atoms with Crippen LogP contribution in [-0.2, 0) is 30.6 Å². The highest BCUT2D eigenvalue weighted by atomic mass is 32.2. The van der Waals surface area contributed by atoms with Crippen LogP contribution < -0.4 is 5.32 Å². The number of carboxylic acid groups (broad SMARTS) is 1. The average Bonchev–Trinajstić information content (AvgIpc) is 2.55. The van der Waals surface area contributed by atoms with Crippen LogP contribution in [0.25, 0.3) is 0 Å². The van der Waals surface area contributed by atoms with Gasteiger partial charge in [0.05, 0.1) is 28.5 Å². The summed E-state index contributed by atoms with van der Waals surface area (Å²) in [6, 6.07) is 6.23. The van der Waals surface area contributed by atoms with Crippen molar-refractivity contribution in [3.8, 4) is 0 Å². The maximum absolute atomic E-state index is 12.4. The number of ether oxygens (including phenoxy) is 1. The van der Waals surface area contributed by atoms with Gasteiger partial charge in [-0.2, -0.15) is 0 Å². The van der Waals surface area contributed by atoms with E-state index in [0.717, 1.165) is 0 Å². The first-order valence-corrected chi connectivity index (χ1v) is 10.1. The number of nitrogens with one attached hydrogen (secondary N) is 1. The van der Waals surface area contributed by atoms with Crippen LogP contribution in [0.3, 0.4) is 0 Å². The highest BCUT2D eigenvalue weighted by Crippen LogP contribution is 2.25. The SMILES string of the molecule is CC(C)S(=O)(=O)c1ccc(CC(=O)NC2(CC(=O)O)CCOCC2)cc1. The van der Waals surface area contributed by atoms with Crippen LogP contribution in [0, 0.1) is 0 Å². The predicted molar refractivity (Wildman–Crippen MR) is 95.6 cm³/mol. The van der Waals surface area contributed by atoms with Crippen molar-refractivity contribution >= 4 is 21.7 Å². The summed E-state index contributed by atoms with van der Waals surface area (Å²) in [6.07, 6.45) is 0.825. The number of amides is 1. The molecule has 1 saturated heterocycles. The lowest BCUT2D eigenvalue weighted by Crippen LogP contribution is -2.53. The third kappa shape index (κ3) is 5.04. The second kappa shape index (κ2) is 8.18. The fourth-order valence-electron chi connectivity index (χ4n) is 2.99. The van der Waals surface area contributed by atoms with Gasteiger partial charge in [0.25, 0.3) is 0 Å². The van der Waals surface area contributed by atoms with Crippen molar-refractivity contribution in [3.05, 3.63) is 29.8 Å². The monoisotopic (exact) mass is 383 g/mol. The van der Waals surface area contributed by atoms with Crippen LogP contribution in [0.4, 0.5) is 0 Å². The molecule has 0 aromatic heterocycles. The first-order chi connectivity index (χ1) is 12.1. The van der Waals surface area contributed by atoms with Crippen LogP contribution in [0.5, 0.6) is 0 Å². The van der Waals surface area contributed by atoms with E-state index in [1.54, 1.807) is 26.0 Å². The van der Waals surface area contributed by atoms with Gasteiger partial charge in [-0.1, -0.05) is 12.1 Å². The predicted octanol–water partition coefficient (Wildman–Crippen LogP) is 1.55. The summed E-state index contributed by atoms with van der Waals surface area (Å²) in [5, 5.41) is 11.5. The Kier molecular flexibility index (Phi) is 6.41. The molecule has 2 rings (SSSR count). The third-order valence-electron chi connectivity index (χ3n) is 4.58. The Morgan fingerprint density at radius 3 is 2.27 bits per heavy atom. The molecule has 1 aliphatic rings. The van der Waals surface area contributed by atoms with Gasteiger partial charge < -0.3 is 15.2 Å². The summed E-state index contributed by atoms with van der Waals surface area (Å²) >= 11 is 0. The van der Waals surface area contributed by atoms with E-state index in [2.05, 4.69) is 5.32 Å². The van der Waals surface area contributed by atoms with Crippen LogP contribution in [0.1, 0.15) is 38.7 Å². The number of hydrogen-bond donors (Lipinski definition) is 2. The Bertz CT molecular complexity index is 748. The molecule has 0 bridgehead atoms. The summed E-state index contributed by atoms with van der Waals surface area (Å²) in [7, 11) is -3.35. The quantitative estimate of drug-likeness (QED) is 0.739. The number of benzene rings is 1. The lowest BCUT2D eigenvalue weighted by atomic mass is 9.86. The van der Waals surface area contributed by atoms with Crippen molar-refractivity contribution in [1.82, 2.24) is 5.32 Å². The number of carbonyl (C=O) groups is 2. The molecule has 7 nitrogen and oxygen atoms in total. The summed E-state index contributed by atoms with van der Waals surface area (Å²) < 4.78 is 29.5. The van der Waals surface area contributed by atoms with E-state index in [0.29, 0.717) is 31.6 Å². The molecule has 0 radical (unpaired) electrons. The van der Waals surface area contributed by atoms with Crippen molar-refractivity contribution in [2.45, 2.75) is 55.2 Å². The van der Waals surface area contributed by atoms with Crippen molar-refractivity contribution in [3.63, 3.8) is 0 Å². The van der Waals surface area contributed by atoms with Gasteiger partial charge in [0.15, 0.2) is 9.84 Å². The molecule has 1 aliphatic heterocycles. The Morgan fingerprint density at radius 1 is 1.19 bits per heavy atom. The molecular weight excluding hydrogens is 358 g/mol. The minimum atomic E-state index is -3.35. The van der Waals surface area contributed by atoms with Crippen molar-refractivity contribution in [2.24, 2.45) is 0 Å². The standard InChI is InChI=1S/C18H25NO6S/c1-13(2)26(23,24)15-5-3-14(4-6-15)11-16(20)19-18(12-17(21)22)7-9-25-10-8-18/h3-6,13H,7-12H2,1-2H3,(H,19,20)(H,21,22). The number of rotatable bonds is 7. The molecule has 2 N–H and O–H groups in total. The molecule has 1 amide bonds. The molecule has 26 heavy (non-hydrogen) atoms. The van der Waals surface area contributed by atoms with Gasteiger partial charge in [0.1, 0.15) is 0 Å². The maximum Gasteiger partial charge on any atom is 0.305 e. The van der Waals surface area contributed by atoms with E-state index in [1.165, 1.54) is 12.1 Å². The number of hydrogen-bond acceptors (Lipinski definition) is 5. The van der Waals surface area contributed by atoms with Crippen LogP contribution in [0.15, 0.2) is 29.2 Å². The summed E-state index contributed by atoms with van der Waals surface area (Å²) in [5.41, 5.74) is -0.120. The van der Waals surface area contributed by atoms with E-state index in [4.69, 9.17) is 9.84 Å². The number of carbonyl (C=O) groups excluding carboxylic acids is 1. The molecule has 1 aromatic carbocycles. The first-order valence-electron chi connectivity index (χ1n) is 8.58. The molecule has 0 unspecified atom stereocenters. The Hall–Kier alpha value is -1.93. The van der Waals surface area contributed by atoms with Crippen molar-refractivity contribution in [1.29, 1.82) is 0 Å². The first kappa shape index (κ1) is 20.4. The van der Waals surface area contributed by atoms with Gasteiger partial charge in [0, 0.05) is 13.2 Å². The molecule has 0 atom stereocenters. The van der Waals surface area contributed by atoms with Gasteiger partial charge in [-0.05, 0) is 44.4 Å². The van der Waals surface area contributed by atoms with Gasteiger partial charge in [-0.15, -0.1) is 0 Å². The topological polar surface area (TPSA) is 110 Å². The molecule has 144 valence electrons. The molecule has 1 heterocycles. The zero-order valence-corrected chi connectivity index (χ0v) is 15.8. The molecule has 0 spiro atoms. The number of aliphatic carboxylic acids is 1. The van der Waals surface area contributed by atoms with Crippen LogP contribution in [0.2, 0.25) is 0 Å². The van der Waals surface area contributed by atoms with Crippen molar-refractivity contribution < 1.29 is 27.9 Å². The highest BCUT2D eigenvalue weighted by molar-refractivity contribution is 7.92. The zero-order valence-electron chi connectivity index (χ0n) is 15.0. The highest BCUT2D eigenvalue weighted by Gasteiger charge is 2.36. The maximum atomic E-state index is 12.4. The second-order valence-corrected chi connectivity index (χ2v) is 9.43. The third-order valence-corrected chi connectivity index (χ3v) is 6.75. The molecular formula is C18H25NO6S. The van der Waals surface area contributed by atoms with E-state index < -0.39 is 26.6 Å². The second-order valence-electron chi connectivity index (χ2n) is 6.93. The van der Waals surface area contributed by atoms with Crippen LogP contribution in [-0.4, -0.2) is 49.4 Å². The average molecular weight is 383 g/mol. The summed E-state index contributed by atoms with van der Waals surface area (Å²) in [5.74, 6) is -1.25. The lowest BCUT2D eigenvalue weighted by molar-refractivity contribution is -0.140. The Balaban J connectivity index is 2.05. The smallest absolute Gasteiger partial charge is 0.305 e. The van der Waals surface area contributed by atoms with E-state index >= 15 is 0 Å². The fourth-order valence-corrected chi connectivity index (χ4v) is 4.05. The number of carboxylic acids is 1. The zero-order chi connectivity index (χ0) is 19.4. The summed E-state index contributed by atoms with van der Waals surface area (Å²) in [4.78, 5) is 23.8. The molecule has 1 fully saturated rings. The van der Waals surface area contributed by atoms with Gasteiger partial charge >= 0.3 is 5.97 Å². The normalized spacial score (nSPS) is 17.0. The van der Waals surface area contributed by atoms with E-state index in [9.17, 15) is 18.0 Å². The van der Waals surface area contributed by atoms with Gasteiger partial charge in [-0.3, -0.25) is 9.59 Å². The molecule has 1 aromatic rings. The van der Waals surface area contributed by atoms with Crippen LogP contribution >= 0.6 is 0 Å². The number of sulfone groups is 1.